The Labute approximate surface area is 192 Å². The Bertz CT molecular complexity index is 1290. The molecule has 0 spiro atoms. The molecule has 2 aliphatic heterocycles. The summed E-state index contributed by atoms with van der Waals surface area (Å²) < 4.78 is 5.66. The number of fused-ring (bicyclic) bond motifs is 4. The van der Waals surface area contributed by atoms with Gasteiger partial charge in [0, 0.05) is 6.54 Å². The molecule has 0 fully saturated rings. The molecule has 0 bridgehead atoms. The van der Waals surface area contributed by atoms with E-state index in [2.05, 4.69) is 0 Å². The van der Waals surface area contributed by atoms with Crippen LogP contribution in [-0.4, -0.2) is 46.4 Å². The van der Waals surface area contributed by atoms with Gasteiger partial charge in [-0.1, -0.05) is 54.6 Å². The fourth-order valence-electron chi connectivity index (χ4n) is 4.78. The number of hydrogen-bond donors (Lipinski definition) is 0. The zero-order chi connectivity index (χ0) is 23.3. The molecule has 2 aliphatic rings. The zero-order valence-corrected chi connectivity index (χ0v) is 19.0. The van der Waals surface area contributed by atoms with Gasteiger partial charge in [-0.05, 0) is 55.2 Å². The van der Waals surface area contributed by atoms with E-state index < -0.39 is 17.7 Å². The van der Waals surface area contributed by atoms with E-state index in [-0.39, 0.29) is 18.4 Å². The van der Waals surface area contributed by atoms with Crippen molar-refractivity contribution in [1.82, 2.24) is 9.80 Å². The van der Waals surface area contributed by atoms with Crippen molar-refractivity contribution in [3.63, 3.8) is 0 Å². The van der Waals surface area contributed by atoms with Gasteiger partial charge >= 0.3 is 6.09 Å². The summed E-state index contributed by atoms with van der Waals surface area (Å²) in [4.78, 5) is 42.8. The zero-order valence-electron chi connectivity index (χ0n) is 19.0. The van der Waals surface area contributed by atoms with E-state index in [0.717, 1.165) is 21.9 Å². The van der Waals surface area contributed by atoms with Crippen LogP contribution in [0.25, 0.3) is 10.8 Å². The fourth-order valence-corrected chi connectivity index (χ4v) is 4.78. The number of carbonyl (C=O) groups excluding carboxylic acids is 3. The van der Waals surface area contributed by atoms with Crippen molar-refractivity contribution in [3.05, 3.63) is 82.9 Å². The maximum absolute atomic E-state index is 13.5. The number of ether oxygens (including phenoxy) is 1. The van der Waals surface area contributed by atoms with Gasteiger partial charge in [-0.25, -0.2) is 4.79 Å². The van der Waals surface area contributed by atoms with E-state index in [9.17, 15) is 14.4 Å². The third kappa shape index (κ3) is 3.65. The molecule has 0 aromatic heterocycles. The van der Waals surface area contributed by atoms with Crippen LogP contribution < -0.4 is 0 Å². The Morgan fingerprint density at radius 3 is 2.48 bits per heavy atom. The first-order valence-corrected chi connectivity index (χ1v) is 11.2. The van der Waals surface area contributed by atoms with Gasteiger partial charge in [-0.3, -0.25) is 19.4 Å². The molecule has 3 aromatic rings. The van der Waals surface area contributed by atoms with Gasteiger partial charge in [0.05, 0.1) is 23.7 Å². The number of amides is 3. The highest BCUT2D eigenvalue weighted by Crippen LogP contribution is 2.36. The molecule has 0 saturated carbocycles. The lowest BCUT2D eigenvalue weighted by atomic mass is 9.92. The Morgan fingerprint density at radius 2 is 1.70 bits per heavy atom. The fraction of sp³-hybridized carbons (Fsp3) is 0.296. The molecule has 5 rings (SSSR count). The van der Waals surface area contributed by atoms with E-state index in [4.69, 9.17) is 4.74 Å². The Balaban J connectivity index is 1.52. The Hall–Kier alpha value is -3.67. The van der Waals surface area contributed by atoms with Gasteiger partial charge < -0.3 is 4.74 Å². The second-order valence-corrected chi connectivity index (χ2v) is 9.57. The van der Waals surface area contributed by atoms with Crippen molar-refractivity contribution >= 4 is 28.7 Å². The van der Waals surface area contributed by atoms with Crippen molar-refractivity contribution in [2.24, 2.45) is 0 Å². The van der Waals surface area contributed by atoms with Gasteiger partial charge in [-0.15, -0.1) is 0 Å². The van der Waals surface area contributed by atoms with Crippen molar-refractivity contribution < 1.29 is 19.1 Å². The topological polar surface area (TPSA) is 66.9 Å². The molecule has 168 valence electrons. The summed E-state index contributed by atoms with van der Waals surface area (Å²) in [5.41, 5.74) is 2.26. The first kappa shape index (κ1) is 21.2. The van der Waals surface area contributed by atoms with E-state index in [1.54, 1.807) is 11.0 Å². The number of hydrogen-bond acceptors (Lipinski definition) is 4. The van der Waals surface area contributed by atoms with Crippen LogP contribution in [0.5, 0.6) is 0 Å². The Morgan fingerprint density at radius 1 is 0.970 bits per heavy atom. The van der Waals surface area contributed by atoms with Crippen LogP contribution in [0, 0.1) is 0 Å². The van der Waals surface area contributed by atoms with Crippen LogP contribution in [0.15, 0.2) is 60.7 Å². The predicted octanol–water partition coefficient (Wildman–Crippen LogP) is 4.97. The van der Waals surface area contributed by atoms with E-state index in [0.29, 0.717) is 24.1 Å². The largest absolute Gasteiger partial charge is 0.444 e. The van der Waals surface area contributed by atoms with Gasteiger partial charge in [0.25, 0.3) is 11.8 Å². The predicted molar refractivity (Wildman–Crippen MR) is 125 cm³/mol. The lowest BCUT2D eigenvalue weighted by Crippen LogP contribution is -2.48. The minimum Gasteiger partial charge on any atom is -0.444 e. The number of nitrogens with zero attached hydrogens (tertiary/aromatic N) is 2. The molecule has 33 heavy (non-hydrogen) atoms. The monoisotopic (exact) mass is 442 g/mol. The molecule has 0 N–H and O–H groups in total. The SMILES string of the molecule is CC(C)(C)OC(=O)N1CCc2ccccc2C1CN1C(=O)c2ccc3ccccc3c2C1=O. The maximum atomic E-state index is 13.5. The molecule has 0 saturated heterocycles. The summed E-state index contributed by atoms with van der Waals surface area (Å²) in [6, 6.07) is 18.6. The second kappa shape index (κ2) is 7.73. The first-order valence-electron chi connectivity index (χ1n) is 11.2. The molecule has 3 amide bonds. The van der Waals surface area contributed by atoms with Crippen molar-refractivity contribution in [1.29, 1.82) is 0 Å². The number of carbonyl (C=O) groups is 3. The molecule has 1 atom stereocenters. The molecular formula is C27H26N2O4. The third-order valence-corrected chi connectivity index (χ3v) is 6.26. The minimum atomic E-state index is -0.646. The van der Waals surface area contributed by atoms with Crippen LogP contribution in [0.3, 0.4) is 0 Å². The van der Waals surface area contributed by atoms with Crippen LogP contribution in [0.4, 0.5) is 4.79 Å². The van der Waals surface area contributed by atoms with Crippen molar-refractivity contribution in [2.75, 3.05) is 13.1 Å². The van der Waals surface area contributed by atoms with E-state index in [1.165, 1.54) is 4.90 Å². The highest BCUT2D eigenvalue weighted by molar-refractivity contribution is 6.26. The molecule has 6 nitrogen and oxygen atoms in total. The lowest BCUT2D eigenvalue weighted by Gasteiger charge is -2.39. The molecule has 6 heteroatoms. The Kier molecular flexibility index (Phi) is 4.96. The third-order valence-electron chi connectivity index (χ3n) is 6.26. The maximum Gasteiger partial charge on any atom is 0.410 e. The summed E-state index contributed by atoms with van der Waals surface area (Å²) in [5, 5.41) is 1.68. The van der Waals surface area contributed by atoms with Crippen molar-refractivity contribution in [2.45, 2.75) is 38.8 Å². The molecule has 0 radical (unpaired) electrons. The number of imide groups is 1. The van der Waals surface area contributed by atoms with E-state index >= 15 is 0 Å². The summed E-state index contributed by atoms with van der Waals surface area (Å²) in [5.74, 6) is -0.646. The molecule has 2 heterocycles. The standard InChI is InChI=1S/C27H26N2O4/c1-27(2,3)33-26(32)28-15-14-18-9-4-6-10-19(18)22(28)16-29-24(30)21-13-12-17-8-5-7-11-20(17)23(21)25(29)31/h4-13,22H,14-16H2,1-3H3. The molecule has 3 aromatic carbocycles. The van der Waals surface area contributed by atoms with Crippen LogP contribution in [-0.2, 0) is 11.2 Å². The van der Waals surface area contributed by atoms with E-state index in [1.807, 2.05) is 75.4 Å². The summed E-state index contributed by atoms with van der Waals surface area (Å²) in [6.45, 7) is 6.02. The average molecular weight is 443 g/mol. The van der Waals surface area contributed by atoms with Crippen LogP contribution in [0.2, 0.25) is 0 Å². The van der Waals surface area contributed by atoms with Gasteiger partial charge in [0.15, 0.2) is 0 Å². The first-order chi connectivity index (χ1) is 15.7. The highest BCUT2D eigenvalue weighted by atomic mass is 16.6. The lowest BCUT2D eigenvalue weighted by molar-refractivity contribution is 0.00988. The smallest absolute Gasteiger partial charge is 0.410 e. The van der Waals surface area contributed by atoms with Gasteiger partial charge in [-0.2, -0.15) is 0 Å². The minimum absolute atomic E-state index is 0.0803. The quantitative estimate of drug-likeness (QED) is 0.526. The summed E-state index contributed by atoms with van der Waals surface area (Å²) in [7, 11) is 0. The molecule has 0 aliphatic carbocycles. The van der Waals surface area contributed by atoms with Crippen LogP contribution in [0.1, 0.15) is 58.7 Å². The van der Waals surface area contributed by atoms with Crippen molar-refractivity contribution in [3.8, 4) is 0 Å². The summed E-state index contributed by atoms with van der Waals surface area (Å²) in [6.07, 6.45) is 0.252. The highest BCUT2D eigenvalue weighted by Gasteiger charge is 2.42. The average Bonchev–Trinajstić information content (AvgIpc) is 3.03. The molecule has 1 unspecified atom stereocenters. The second-order valence-electron chi connectivity index (χ2n) is 9.57. The van der Waals surface area contributed by atoms with Crippen LogP contribution >= 0.6 is 0 Å². The van der Waals surface area contributed by atoms with Gasteiger partial charge in [0.1, 0.15) is 5.60 Å². The normalized spacial score (nSPS) is 17.8. The number of benzene rings is 3. The summed E-state index contributed by atoms with van der Waals surface area (Å²) >= 11 is 0. The number of rotatable bonds is 2. The van der Waals surface area contributed by atoms with Gasteiger partial charge in [0.2, 0.25) is 0 Å². The molecular weight excluding hydrogens is 416 g/mol.